The average molecular weight is 427 g/mol. The topological polar surface area (TPSA) is 62.5 Å². The third-order valence-electron chi connectivity index (χ3n) is 6.06. The minimum absolute atomic E-state index is 0.0268. The molecule has 6 nitrogen and oxygen atoms in total. The summed E-state index contributed by atoms with van der Waals surface area (Å²) in [5.74, 6) is -3.19. The van der Waals surface area contributed by atoms with Crippen molar-refractivity contribution in [3.8, 4) is 0 Å². The molecule has 2 amide bonds. The molecular formula is C20H25F4N5O. The molecular weight excluding hydrogens is 402 g/mol. The second-order valence-corrected chi connectivity index (χ2v) is 8.39. The molecule has 4 rings (SSSR count). The second kappa shape index (κ2) is 8.39. The lowest BCUT2D eigenvalue weighted by molar-refractivity contribution is -0.0457. The molecule has 0 bridgehead atoms. The fourth-order valence-electron chi connectivity index (χ4n) is 4.19. The first-order chi connectivity index (χ1) is 14.3. The number of carbonyl (C=O) groups is 1. The fraction of sp³-hybridized carbons (Fsp3) is 0.650. The van der Waals surface area contributed by atoms with Crippen molar-refractivity contribution in [3.63, 3.8) is 0 Å². The standard InChI is InChI=1S/C20H25F4N5O/c21-18(22)15-3-6-28(19(30)25-10-15)11-14-8-17-27-16(12-29(17)26-9-14)7-13-1-4-20(23,24)5-2-13/h8-9,12-13,15,18H,1-7,10-11H2,(H,25,30)/t15-/m0/s1. The van der Waals surface area contributed by atoms with Crippen LogP contribution in [0.25, 0.3) is 5.65 Å². The molecule has 1 saturated heterocycles. The van der Waals surface area contributed by atoms with E-state index >= 15 is 0 Å². The van der Waals surface area contributed by atoms with Gasteiger partial charge in [0.1, 0.15) is 0 Å². The van der Waals surface area contributed by atoms with Crippen LogP contribution in [-0.2, 0) is 13.0 Å². The molecule has 30 heavy (non-hydrogen) atoms. The van der Waals surface area contributed by atoms with Crippen molar-refractivity contribution >= 4 is 11.7 Å². The highest BCUT2D eigenvalue weighted by atomic mass is 19.3. The number of rotatable bonds is 5. The second-order valence-electron chi connectivity index (χ2n) is 8.39. The number of nitrogens with one attached hydrogen (secondary N) is 1. The van der Waals surface area contributed by atoms with Gasteiger partial charge in [-0.1, -0.05) is 0 Å². The first kappa shape index (κ1) is 20.9. The fourth-order valence-corrected chi connectivity index (χ4v) is 4.19. The maximum Gasteiger partial charge on any atom is 0.317 e. The van der Waals surface area contributed by atoms with Gasteiger partial charge in [-0.2, -0.15) is 5.10 Å². The predicted molar refractivity (Wildman–Crippen MR) is 102 cm³/mol. The monoisotopic (exact) mass is 427 g/mol. The van der Waals surface area contributed by atoms with Crippen LogP contribution in [0.1, 0.15) is 43.4 Å². The zero-order chi connectivity index (χ0) is 21.3. The van der Waals surface area contributed by atoms with Gasteiger partial charge in [0.25, 0.3) is 0 Å². The Morgan fingerprint density at radius 3 is 2.73 bits per heavy atom. The molecule has 2 aliphatic rings. The zero-order valence-corrected chi connectivity index (χ0v) is 16.5. The summed E-state index contributed by atoms with van der Waals surface area (Å²) < 4.78 is 54.2. The summed E-state index contributed by atoms with van der Waals surface area (Å²) in [6, 6.07) is 1.45. The Kier molecular flexibility index (Phi) is 5.84. The Balaban J connectivity index is 1.40. The van der Waals surface area contributed by atoms with Gasteiger partial charge < -0.3 is 10.2 Å². The van der Waals surface area contributed by atoms with Gasteiger partial charge in [0.05, 0.1) is 18.1 Å². The SMILES string of the molecule is O=C1NC[C@@H](C(F)F)CCN1Cc1cnn2cc(CC3CCC(F)(F)CC3)nc2c1. The van der Waals surface area contributed by atoms with Crippen LogP contribution in [0.5, 0.6) is 0 Å². The maximum atomic E-state index is 13.3. The van der Waals surface area contributed by atoms with E-state index in [1.54, 1.807) is 16.9 Å². The number of nitrogens with zero attached hydrogens (tertiary/aromatic N) is 4. The van der Waals surface area contributed by atoms with Crippen LogP contribution in [0.3, 0.4) is 0 Å². The van der Waals surface area contributed by atoms with Crippen LogP contribution in [0, 0.1) is 11.8 Å². The number of hydrogen-bond donors (Lipinski definition) is 1. The van der Waals surface area contributed by atoms with Gasteiger partial charge in [-0.05, 0) is 43.2 Å². The number of alkyl halides is 4. The Hall–Kier alpha value is -2.39. The number of fused-ring (bicyclic) bond motifs is 1. The molecule has 10 heteroatoms. The smallest absolute Gasteiger partial charge is 0.317 e. The molecule has 0 unspecified atom stereocenters. The Labute approximate surface area is 171 Å². The average Bonchev–Trinajstić information content (AvgIpc) is 3.00. The molecule has 1 aliphatic carbocycles. The Bertz CT molecular complexity index is 892. The van der Waals surface area contributed by atoms with E-state index in [2.05, 4.69) is 15.4 Å². The minimum atomic E-state index is -2.54. The van der Waals surface area contributed by atoms with Crippen LogP contribution in [0.4, 0.5) is 22.4 Å². The van der Waals surface area contributed by atoms with E-state index in [0.29, 0.717) is 24.9 Å². The van der Waals surface area contributed by atoms with Gasteiger partial charge >= 0.3 is 6.03 Å². The minimum Gasteiger partial charge on any atom is -0.337 e. The maximum absolute atomic E-state index is 13.3. The molecule has 1 aliphatic heterocycles. The lowest BCUT2D eigenvalue weighted by Crippen LogP contribution is -2.38. The van der Waals surface area contributed by atoms with E-state index in [1.165, 1.54) is 4.90 Å². The summed E-state index contributed by atoms with van der Waals surface area (Å²) in [7, 11) is 0. The van der Waals surface area contributed by atoms with Crippen molar-refractivity contribution in [2.75, 3.05) is 13.1 Å². The van der Waals surface area contributed by atoms with Crippen LogP contribution in [0.15, 0.2) is 18.5 Å². The molecule has 1 saturated carbocycles. The van der Waals surface area contributed by atoms with Gasteiger partial charge in [-0.25, -0.2) is 31.9 Å². The van der Waals surface area contributed by atoms with Gasteiger partial charge in [0.2, 0.25) is 12.3 Å². The molecule has 2 aromatic rings. The number of aromatic nitrogens is 3. The number of imidazole rings is 1. The largest absolute Gasteiger partial charge is 0.337 e. The Morgan fingerprint density at radius 1 is 1.23 bits per heavy atom. The van der Waals surface area contributed by atoms with Gasteiger partial charge in [0.15, 0.2) is 5.65 Å². The summed E-state index contributed by atoms with van der Waals surface area (Å²) >= 11 is 0. The van der Waals surface area contributed by atoms with E-state index < -0.39 is 18.3 Å². The Morgan fingerprint density at radius 2 is 2.00 bits per heavy atom. The molecule has 2 aromatic heterocycles. The normalized spacial score (nSPS) is 23.0. The van der Waals surface area contributed by atoms with Crippen molar-refractivity contribution in [1.82, 2.24) is 24.8 Å². The van der Waals surface area contributed by atoms with Gasteiger partial charge in [-0.15, -0.1) is 0 Å². The molecule has 0 aromatic carbocycles. The van der Waals surface area contributed by atoms with Crippen molar-refractivity contribution in [2.24, 2.45) is 11.8 Å². The number of halogens is 4. The van der Waals surface area contributed by atoms with E-state index in [0.717, 1.165) is 11.3 Å². The molecule has 1 atom stereocenters. The zero-order valence-electron chi connectivity index (χ0n) is 16.5. The van der Waals surface area contributed by atoms with E-state index in [-0.39, 0.29) is 50.8 Å². The van der Waals surface area contributed by atoms with Crippen molar-refractivity contribution in [3.05, 3.63) is 29.7 Å². The highest BCUT2D eigenvalue weighted by Gasteiger charge is 2.35. The summed E-state index contributed by atoms with van der Waals surface area (Å²) in [6.07, 6.45) is 2.68. The number of carbonyl (C=O) groups excluding carboxylic acids is 1. The van der Waals surface area contributed by atoms with Crippen LogP contribution in [-0.4, -0.2) is 51.0 Å². The summed E-state index contributed by atoms with van der Waals surface area (Å²) in [6.45, 7) is 0.476. The highest BCUT2D eigenvalue weighted by Crippen LogP contribution is 2.37. The summed E-state index contributed by atoms with van der Waals surface area (Å²) in [5, 5.41) is 6.88. The molecule has 164 valence electrons. The quantitative estimate of drug-likeness (QED) is 0.737. The van der Waals surface area contributed by atoms with E-state index in [4.69, 9.17) is 0 Å². The third kappa shape index (κ3) is 4.84. The number of urea groups is 1. The van der Waals surface area contributed by atoms with E-state index in [1.807, 2.05) is 6.07 Å². The predicted octanol–water partition coefficient (Wildman–Crippen LogP) is 3.89. The molecule has 2 fully saturated rings. The lowest BCUT2D eigenvalue weighted by Gasteiger charge is -2.27. The summed E-state index contributed by atoms with van der Waals surface area (Å²) in [4.78, 5) is 18.3. The molecule has 0 spiro atoms. The summed E-state index contributed by atoms with van der Waals surface area (Å²) in [5.41, 5.74) is 2.18. The first-order valence-electron chi connectivity index (χ1n) is 10.3. The van der Waals surface area contributed by atoms with Crippen LogP contribution in [0.2, 0.25) is 0 Å². The van der Waals surface area contributed by atoms with E-state index in [9.17, 15) is 22.4 Å². The van der Waals surface area contributed by atoms with Crippen LogP contribution >= 0.6 is 0 Å². The molecule has 3 heterocycles. The third-order valence-corrected chi connectivity index (χ3v) is 6.06. The molecule has 0 radical (unpaired) electrons. The van der Waals surface area contributed by atoms with Crippen molar-refractivity contribution in [2.45, 2.75) is 57.4 Å². The number of hydrogen-bond acceptors (Lipinski definition) is 3. The lowest BCUT2D eigenvalue weighted by atomic mass is 9.84. The van der Waals surface area contributed by atoms with Gasteiger partial charge in [0, 0.05) is 38.4 Å². The highest BCUT2D eigenvalue weighted by molar-refractivity contribution is 5.74. The van der Waals surface area contributed by atoms with Crippen LogP contribution < -0.4 is 5.32 Å². The number of amides is 2. The van der Waals surface area contributed by atoms with Gasteiger partial charge in [-0.3, -0.25) is 0 Å². The first-order valence-corrected chi connectivity index (χ1v) is 10.3. The van der Waals surface area contributed by atoms with Crippen molar-refractivity contribution in [1.29, 1.82) is 0 Å². The molecule has 1 N–H and O–H groups in total. The van der Waals surface area contributed by atoms with Crippen molar-refractivity contribution < 1.29 is 22.4 Å².